The van der Waals surface area contributed by atoms with Crippen LogP contribution in [-0.4, -0.2) is 26.4 Å². The average molecular weight is 744 g/mol. The Kier molecular flexibility index (Phi) is 87.2. The Bertz CT molecular complexity index is 301. The molecule has 0 bridgehead atoms. The Labute approximate surface area is 312 Å². The van der Waals surface area contributed by atoms with Crippen LogP contribution in [-0.2, 0) is 33.8 Å². The number of unbranched alkanes of at least 4 members (excludes halogenated alkanes) is 28. The second-order valence-electron chi connectivity index (χ2n) is 12.7. The first-order valence-corrected chi connectivity index (χ1v) is 20.0. The van der Waals surface area contributed by atoms with E-state index in [4.69, 9.17) is 0 Å². The van der Waals surface area contributed by atoms with E-state index in [1.54, 1.807) is 0 Å². The second kappa shape index (κ2) is 67.9. The molecule has 4 nitrogen and oxygen atoms in total. The van der Waals surface area contributed by atoms with Gasteiger partial charge >= 0.3 is 33.8 Å². The average Bonchev–Trinajstić information content (AvgIpc) is 3.04. The van der Waals surface area contributed by atoms with Crippen LogP contribution in [0.15, 0.2) is 0 Å². The van der Waals surface area contributed by atoms with Crippen molar-refractivity contribution in [2.45, 2.75) is 233 Å². The monoisotopic (exact) mass is 744 g/mol. The molecule has 1 radical (unpaired) electrons. The van der Waals surface area contributed by atoms with Crippen molar-refractivity contribution in [3.63, 3.8) is 0 Å². The minimum atomic E-state index is 0. The summed E-state index contributed by atoms with van der Waals surface area (Å²) in [5.74, 6) is 0. The van der Waals surface area contributed by atoms with Gasteiger partial charge in [-0.3, -0.25) is 0 Å². The zero-order valence-electron chi connectivity index (χ0n) is 31.8. The van der Waals surface area contributed by atoms with Gasteiger partial charge in [0.25, 0.3) is 0 Å². The van der Waals surface area contributed by atoms with Gasteiger partial charge in [0, 0.05) is 0 Å². The minimum Gasteiger partial charge on any atom is -0.854 e. The second-order valence-corrected chi connectivity index (χ2v) is 12.7. The maximum absolute atomic E-state index is 10.1. The van der Waals surface area contributed by atoms with E-state index in [9.17, 15) is 20.4 Å². The maximum atomic E-state index is 10.1. The van der Waals surface area contributed by atoms with Crippen molar-refractivity contribution in [2.24, 2.45) is 0 Å². The molecule has 0 spiro atoms. The van der Waals surface area contributed by atoms with Gasteiger partial charge in [0.15, 0.2) is 0 Å². The molecule has 0 N–H and O–H groups in total. The summed E-state index contributed by atoms with van der Waals surface area (Å²) in [5, 5.41) is 40.3. The van der Waals surface area contributed by atoms with E-state index < -0.39 is 0 Å². The molecule has 0 aromatic carbocycles. The quantitative estimate of drug-likeness (QED) is 0.0507. The molecule has 0 aliphatic carbocycles. The minimum absolute atomic E-state index is 0. The number of hydrogen-bond donors (Lipinski definition) is 0. The van der Waals surface area contributed by atoms with Gasteiger partial charge in [-0.05, 0) is 0 Å². The largest absolute Gasteiger partial charge is 2.00 e. The topological polar surface area (TPSA) is 92.2 Å². The molecule has 285 valence electrons. The van der Waals surface area contributed by atoms with Crippen LogP contribution in [0, 0.1) is 0 Å². The first kappa shape index (κ1) is 59.0. The third-order valence-corrected chi connectivity index (χ3v) is 7.99. The molecule has 0 heterocycles. The van der Waals surface area contributed by atoms with E-state index >= 15 is 0 Å². The fourth-order valence-electron chi connectivity index (χ4n) is 4.94. The van der Waals surface area contributed by atoms with Crippen molar-refractivity contribution in [1.29, 1.82) is 0 Å². The molecule has 0 amide bonds. The van der Waals surface area contributed by atoms with Gasteiger partial charge in [-0.1, -0.05) is 233 Å². The summed E-state index contributed by atoms with van der Waals surface area (Å²) in [6.07, 6.45) is 40.3. The molecule has 46 heavy (non-hydrogen) atoms. The number of rotatable bonds is 32. The smallest absolute Gasteiger partial charge is 0.854 e. The van der Waals surface area contributed by atoms with E-state index in [2.05, 4.69) is 27.7 Å². The molecule has 0 aliphatic heterocycles. The summed E-state index contributed by atoms with van der Waals surface area (Å²) in [7, 11) is 0. The van der Waals surface area contributed by atoms with E-state index in [0.717, 1.165) is 51.4 Å². The molecular weight excluding hydrogens is 659 g/mol. The van der Waals surface area contributed by atoms with E-state index in [1.165, 1.54) is 154 Å². The Hall–Kier alpha value is 0.866. The van der Waals surface area contributed by atoms with Gasteiger partial charge in [0.05, 0.1) is 0 Å². The first-order chi connectivity index (χ1) is 21.7. The van der Waals surface area contributed by atoms with Crippen LogP contribution < -0.4 is 20.4 Å². The van der Waals surface area contributed by atoms with Crippen molar-refractivity contribution in [1.82, 2.24) is 0 Å². The maximum Gasteiger partial charge on any atom is 2.00 e. The molecular formula is C40H84CoFeO4. The molecule has 0 saturated heterocycles. The zero-order valence-corrected chi connectivity index (χ0v) is 33.9. The fourth-order valence-corrected chi connectivity index (χ4v) is 4.94. The van der Waals surface area contributed by atoms with Crippen LogP contribution in [0.2, 0.25) is 0 Å². The van der Waals surface area contributed by atoms with Gasteiger partial charge in [-0.25, -0.2) is 0 Å². The SMILES string of the molecule is CCCCCCCCCC[O-].CCCCCCCCCC[O-].CCCCCCCCCC[O-].CCCCCCCCCC[O-].[Co+2].[Fe+2]. The van der Waals surface area contributed by atoms with Crippen molar-refractivity contribution in [3.8, 4) is 0 Å². The normalized spacial score (nSPS) is 9.91. The van der Waals surface area contributed by atoms with Crippen LogP contribution in [0.1, 0.15) is 233 Å². The van der Waals surface area contributed by atoms with Crippen LogP contribution in [0.3, 0.4) is 0 Å². The van der Waals surface area contributed by atoms with Crippen molar-refractivity contribution < 1.29 is 54.3 Å². The van der Waals surface area contributed by atoms with Crippen LogP contribution in [0.5, 0.6) is 0 Å². The molecule has 0 aromatic rings. The molecule has 0 aromatic heterocycles. The third kappa shape index (κ3) is 79.9. The van der Waals surface area contributed by atoms with Crippen LogP contribution in [0.25, 0.3) is 0 Å². The summed E-state index contributed by atoms with van der Waals surface area (Å²) in [6.45, 7) is 9.41. The van der Waals surface area contributed by atoms with Crippen LogP contribution in [0.4, 0.5) is 0 Å². The summed E-state index contributed by atoms with van der Waals surface area (Å²) < 4.78 is 0. The predicted octanol–water partition coefficient (Wildman–Crippen LogP) is 9.94. The van der Waals surface area contributed by atoms with Gasteiger partial charge in [-0.15, -0.1) is 26.4 Å². The predicted molar refractivity (Wildman–Crippen MR) is 190 cm³/mol. The van der Waals surface area contributed by atoms with Crippen molar-refractivity contribution in [3.05, 3.63) is 0 Å². The molecule has 0 aliphatic rings. The van der Waals surface area contributed by atoms with Crippen molar-refractivity contribution in [2.75, 3.05) is 26.4 Å². The van der Waals surface area contributed by atoms with Crippen LogP contribution >= 0.6 is 0 Å². The Morgan fingerprint density at radius 3 is 0.435 bits per heavy atom. The Morgan fingerprint density at radius 2 is 0.326 bits per heavy atom. The summed E-state index contributed by atoms with van der Waals surface area (Å²) in [4.78, 5) is 0. The van der Waals surface area contributed by atoms with Gasteiger partial charge < -0.3 is 20.4 Å². The van der Waals surface area contributed by atoms with E-state index in [0.29, 0.717) is 0 Å². The van der Waals surface area contributed by atoms with E-state index in [1.807, 2.05) is 0 Å². The Balaban J connectivity index is -0.000000114. The molecule has 6 heteroatoms. The van der Waals surface area contributed by atoms with Gasteiger partial charge in [-0.2, -0.15) is 0 Å². The molecule has 0 saturated carbocycles. The summed E-state index contributed by atoms with van der Waals surface area (Å²) in [5.41, 5.74) is 0. The standard InChI is InChI=1S/4C10H21O.Co.Fe/c4*1-2-3-4-5-6-7-8-9-10-11;;/h4*2-10H2,1H3;;/q4*-1;2*+2. The third-order valence-electron chi connectivity index (χ3n) is 7.99. The van der Waals surface area contributed by atoms with Gasteiger partial charge in [0.1, 0.15) is 0 Å². The fraction of sp³-hybridized carbons (Fsp3) is 1.00. The van der Waals surface area contributed by atoms with Gasteiger partial charge in [0.2, 0.25) is 0 Å². The molecule has 0 unspecified atom stereocenters. The summed E-state index contributed by atoms with van der Waals surface area (Å²) >= 11 is 0. The molecule has 0 fully saturated rings. The molecule has 0 rings (SSSR count). The molecule has 0 atom stereocenters. The number of hydrogen-bond acceptors (Lipinski definition) is 4. The van der Waals surface area contributed by atoms with E-state index in [-0.39, 0.29) is 60.3 Å². The zero-order chi connectivity index (χ0) is 33.5. The van der Waals surface area contributed by atoms with Crippen molar-refractivity contribution >= 4 is 0 Å². The summed E-state index contributed by atoms with van der Waals surface area (Å²) in [6, 6.07) is 0. The Morgan fingerprint density at radius 1 is 0.217 bits per heavy atom. The first-order valence-electron chi connectivity index (χ1n) is 20.0.